The minimum atomic E-state index is 0.0986. The lowest BCUT2D eigenvalue weighted by Crippen LogP contribution is -2.43. The van der Waals surface area contributed by atoms with Crippen molar-refractivity contribution in [3.63, 3.8) is 0 Å². The van der Waals surface area contributed by atoms with Gasteiger partial charge in [-0.05, 0) is 52.1 Å². The molecule has 3 heterocycles. The van der Waals surface area contributed by atoms with E-state index in [0.717, 1.165) is 11.2 Å². The molecule has 214 valence electrons. The molecule has 0 bridgehead atoms. The largest absolute Gasteiger partial charge is 0.456 e. The normalized spacial score (nSPS) is 18.3. The number of benzene rings is 6. The molecule has 0 saturated carbocycles. The number of allylic oxidation sites excluding steroid dienone is 2. The lowest BCUT2D eigenvalue weighted by Gasteiger charge is -2.33. The van der Waals surface area contributed by atoms with Gasteiger partial charge in [-0.15, -0.1) is 0 Å². The van der Waals surface area contributed by atoms with E-state index in [4.69, 9.17) is 4.42 Å². The van der Waals surface area contributed by atoms with Gasteiger partial charge in [-0.1, -0.05) is 103 Å². The van der Waals surface area contributed by atoms with Crippen molar-refractivity contribution in [2.45, 2.75) is 12.0 Å². The number of furan rings is 1. The van der Waals surface area contributed by atoms with E-state index in [0.29, 0.717) is 0 Å². The molecule has 0 amide bonds. The molecule has 0 saturated heterocycles. The number of fused-ring (bicyclic) bond motifs is 12. The molecule has 3 nitrogen and oxygen atoms in total. The predicted octanol–water partition coefficient (Wildman–Crippen LogP) is 10.5. The Morgan fingerprint density at radius 3 is 2.39 bits per heavy atom. The fraction of sp³-hybridized carbons (Fsp3) is 0.0465. The Morgan fingerprint density at radius 2 is 1.43 bits per heavy atom. The van der Waals surface area contributed by atoms with Gasteiger partial charge in [-0.25, -0.2) is 0 Å². The quantitative estimate of drug-likeness (QED) is 0.187. The number of para-hydroxylation sites is 4. The third kappa shape index (κ3) is 3.05. The highest BCUT2D eigenvalue weighted by molar-refractivity contribution is 6.22. The molecule has 0 radical (unpaired) electrons. The highest BCUT2D eigenvalue weighted by Gasteiger charge is 2.50. The maximum Gasteiger partial charge on any atom is 0.235 e. The van der Waals surface area contributed by atoms with Gasteiger partial charge in [0.2, 0.25) is 17.1 Å². The second kappa shape index (κ2) is 8.83. The van der Waals surface area contributed by atoms with Gasteiger partial charge in [0, 0.05) is 52.1 Å². The first kappa shape index (κ1) is 24.4. The van der Waals surface area contributed by atoms with Crippen LogP contribution in [0.3, 0.4) is 0 Å². The van der Waals surface area contributed by atoms with Crippen LogP contribution in [-0.4, -0.2) is 11.8 Å². The Hall–Kier alpha value is -5.93. The summed E-state index contributed by atoms with van der Waals surface area (Å²) in [4.78, 5) is 2.62. The van der Waals surface area contributed by atoms with Crippen LogP contribution in [0, 0.1) is 0 Å². The zero-order chi connectivity index (χ0) is 29.9. The zero-order valence-electron chi connectivity index (χ0n) is 24.9. The molecule has 0 spiro atoms. The molecule has 0 fully saturated rings. The predicted molar refractivity (Wildman–Crippen MR) is 189 cm³/mol. The Morgan fingerprint density at radius 1 is 0.630 bits per heavy atom. The summed E-state index contributed by atoms with van der Waals surface area (Å²) >= 11 is 0. The number of anilines is 2. The molecular weight excluding hydrogens is 560 g/mol. The molecular formula is C43H27N2O+. The molecule has 46 heavy (non-hydrogen) atoms. The zero-order valence-corrected chi connectivity index (χ0v) is 24.9. The molecule has 3 heteroatoms. The summed E-state index contributed by atoms with van der Waals surface area (Å²) in [5.41, 5.74) is 17.5. The fourth-order valence-electron chi connectivity index (χ4n) is 8.59. The van der Waals surface area contributed by atoms with E-state index in [1.165, 1.54) is 78.2 Å². The summed E-state index contributed by atoms with van der Waals surface area (Å²) in [6.45, 7) is 0. The molecule has 6 aromatic carbocycles. The molecule has 2 aliphatic carbocycles. The average Bonchev–Trinajstić information content (AvgIpc) is 3.77. The summed E-state index contributed by atoms with van der Waals surface area (Å²) in [5.74, 6) is 0.133. The maximum atomic E-state index is 6.22. The Kier molecular flexibility index (Phi) is 4.68. The Bertz CT molecular complexity index is 2550. The van der Waals surface area contributed by atoms with Crippen LogP contribution < -0.4 is 9.48 Å². The summed E-state index contributed by atoms with van der Waals surface area (Å²) < 4.78 is 8.67. The minimum absolute atomic E-state index is 0.0986. The van der Waals surface area contributed by atoms with Crippen LogP contribution in [0.25, 0.3) is 38.6 Å². The second-order valence-corrected chi connectivity index (χ2v) is 12.6. The van der Waals surface area contributed by atoms with Crippen molar-refractivity contribution in [3.05, 3.63) is 174 Å². The van der Waals surface area contributed by atoms with Crippen molar-refractivity contribution in [2.24, 2.45) is 0 Å². The van der Waals surface area contributed by atoms with Crippen molar-refractivity contribution >= 4 is 56.0 Å². The summed E-state index contributed by atoms with van der Waals surface area (Å²) in [6, 6.07) is 48.7. The molecule has 2 aliphatic heterocycles. The molecule has 7 aromatic rings. The number of nitrogens with zero attached hydrogens (tertiary/aromatic N) is 2. The van der Waals surface area contributed by atoms with Crippen molar-refractivity contribution in [1.29, 1.82) is 0 Å². The number of hydrogen-bond donors (Lipinski definition) is 0. The monoisotopic (exact) mass is 587 g/mol. The van der Waals surface area contributed by atoms with Gasteiger partial charge in [0.15, 0.2) is 0 Å². The van der Waals surface area contributed by atoms with Crippen LogP contribution in [0.2, 0.25) is 0 Å². The smallest absolute Gasteiger partial charge is 0.235 e. The van der Waals surface area contributed by atoms with E-state index in [-0.39, 0.29) is 12.0 Å². The van der Waals surface area contributed by atoms with Gasteiger partial charge < -0.3 is 9.32 Å². The maximum absolute atomic E-state index is 6.22. The third-order valence-electron chi connectivity index (χ3n) is 10.4. The topological polar surface area (TPSA) is 19.4 Å². The van der Waals surface area contributed by atoms with E-state index in [2.05, 4.69) is 155 Å². The van der Waals surface area contributed by atoms with Gasteiger partial charge in [0.05, 0.1) is 5.69 Å². The van der Waals surface area contributed by atoms with E-state index in [9.17, 15) is 0 Å². The van der Waals surface area contributed by atoms with E-state index >= 15 is 0 Å². The van der Waals surface area contributed by atoms with Gasteiger partial charge in [-0.3, -0.25) is 0 Å². The highest BCUT2D eigenvalue weighted by atomic mass is 16.3. The summed E-state index contributed by atoms with van der Waals surface area (Å²) in [5, 5.41) is 2.34. The number of hydrogen-bond acceptors (Lipinski definition) is 2. The van der Waals surface area contributed by atoms with Crippen LogP contribution in [0.15, 0.2) is 156 Å². The van der Waals surface area contributed by atoms with Crippen molar-refractivity contribution in [1.82, 2.24) is 4.58 Å². The van der Waals surface area contributed by atoms with Crippen molar-refractivity contribution in [3.8, 4) is 11.1 Å². The molecule has 2 atom stereocenters. The second-order valence-electron chi connectivity index (χ2n) is 12.6. The first-order valence-corrected chi connectivity index (χ1v) is 16.0. The van der Waals surface area contributed by atoms with Gasteiger partial charge >= 0.3 is 0 Å². The average molecular weight is 588 g/mol. The highest BCUT2D eigenvalue weighted by Crippen LogP contribution is 2.60. The first-order valence-electron chi connectivity index (χ1n) is 16.0. The van der Waals surface area contributed by atoms with Crippen LogP contribution in [0.5, 0.6) is 0 Å². The van der Waals surface area contributed by atoms with E-state index < -0.39 is 0 Å². The molecule has 2 unspecified atom stereocenters. The SMILES string of the molecule is C1=CC2=[N+](c3ccccc3)c3ccccc3N3c4c(ccc5c4-c4ccccc4C5c4ccc5oc6ccccc6c5c4)C(=C1)C23. The van der Waals surface area contributed by atoms with Gasteiger partial charge in [-0.2, -0.15) is 4.58 Å². The summed E-state index contributed by atoms with van der Waals surface area (Å²) in [6.07, 6.45) is 6.86. The Balaban J connectivity index is 1.18. The lowest BCUT2D eigenvalue weighted by molar-refractivity contribution is 0.668. The first-order chi connectivity index (χ1) is 22.8. The molecule has 1 aromatic heterocycles. The van der Waals surface area contributed by atoms with Crippen molar-refractivity contribution in [2.75, 3.05) is 4.90 Å². The standard InChI is InChI=1S/C43H27N2O/c1-2-11-27(12-3-1)44-35-17-7-8-18-36(35)45-42-31(16-10-19-37(42)44)32-22-23-33-40(29-14-4-5-15-30(29)41(33)43(32)45)26-21-24-39-34(25-26)28-13-6-9-20-38(28)46-39/h1-25,40,42H/q+1. The van der Waals surface area contributed by atoms with Crippen molar-refractivity contribution < 1.29 is 4.42 Å². The molecule has 11 rings (SSSR count). The van der Waals surface area contributed by atoms with E-state index in [1.54, 1.807) is 0 Å². The molecule has 0 N–H and O–H groups in total. The minimum Gasteiger partial charge on any atom is -0.456 e. The third-order valence-corrected chi connectivity index (χ3v) is 10.4. The van der Waals surface area contributed by atoms with Crippen LogP contribution in [0.4, 0.5) is 22.7 Å². The van der Waals surface area contributed by atoms with Crippen LogP contribution in [-0.2, 0) is 0 Å². The van der Waals surface area contributed by atoms with Crippen LogP contribution in [0.1, 0.15) is 28.2 Å². The van der Waals surface area contributed by atoms with E-state index in [1.807, 2.05) is 6.07 Å². The number of rotatable bonds is 2. The van der Waals surface area contributed by atoms with Crippen LogP contribution >= 0.6 is 0 Å². The fourth-order valence-corrected chi connectivity index (χ4v) is 8.59. The van der Waals surface area contributed by atoms with Gasteiger partial charge in [0.1, 0.15) is 22.9 Å². The van der Waals surface area contributed by atoms with Gasteiger partial charge in [0.25, 0.3) is 0 Å². The lowest BCUT2D eigenvalue weighted by atomic mass is 9.87. The summed E-state index contributed by atoms with van der Waals surface area (Å²) in [7, 11) is 0. The Labute approximate surface area is 266 Å². The molecule has 4 aliphatic rings.